The van der Waals surface area contributed by atoms with Gasteiger partial charge in [-0.15, -0.1) is 0 Å². The molecule has 0 radical (unpaired) electrons. The van der Waals surface area contributed by atoms with Crippen molar-refractivity contribution in [2.75, 3.05) is 6.61 Å². The summed E-state index contributed by atoms with van der Waals surface area (Å²) in [5, 5.41) is 5.44. The second-order valence-corrected chi connectivity index (χ2v) is 7.56. The van der Waals surface area contributed by atoms with Crippen LogP contribution < -0.4 is 14.9 Å². The van der Waals surface area contributed by atoms with Gasteiger partial charge >= 0.3 is 0 Å². The van der Waals surface area contributed by atoms with E-state index in [1.807, 2.05) is 55.5 Å². The molecule has 0 saturated carbocycles. The molecule has 6 heteroatoms. The summed E-state index contributed by atoms with van der Waals surface area (Å²) in [5.74, 6) is 1.08. The van der Waals surface area contributed by atoms with Crippen LogP contribution in [0.1, 0.15) is 29.0 Å². The van der Waals surface area contributed by atoms with Gasteiger partial charge in [0.25, 0.3) is 0 Å². The van der Waals surface area contributed by atoms with Crippen LogP contribution in [0.15, 0.2) is 77.9 Å². The molecule has 0 unspecified atom stereocenters. The Morgan fingerprint density at radius 2 is 1.76 bits per heavy atom. The molecule has 1 atom stereocenters. The van der Waals surface area contributed by atoms with E-state index in [1.165, 1.54) is 12.1 Å². The molecular weight excluding hydrogens is 387 g/mol. The molecule has 4 nitrogen and oxygen atoms in total. The third-order valence-corrected chi connectivity index (χ3v) is 5.58. The highest BCUT2D eigenvalue weighted by atomic mass is 32.2. The Morgan fingerprint density at radius 3 is 2.52 bits per heavy atom. The second kappa shape index (κ2) is 9.01. The van der Waals surface area contributed by atoms with E-state index in [1.54, 1.807) is 23.9 Å². The molecule has 29 heavy (non-hydrogen) atoms. The Hall–Kier alpha value is -2.99. The highest BCUT2D eigenvalue weighted by Gasteiger charge is 2.23. The SMILES string of the molecule is CCOc1cc([C@@H]2NN=C(c3ccccc3)S2)ccc1OCc1ccc(F)cc1. The Balaban J connectivity index is 1.47. The normalized spacial score (nSPS) is 15.5. The van der Waals surface area contributed by atoms with Crippen molar-refractivity contribution in [1.29, 1.82) is 0 Å². The average Bonchev–Trinajstić information content (AvgIpc) is 3.25. The van der Waals surface area contributed by atoms with Gasteiger partial charge in [0, 0.05) is 5.56 Å². The molecular formula is C23H21FN2O2S. The van der Waals surface area contributed by atoms with Crippen molar-refractivity contribution >= 4 is 16.8 Å². The molecule has 3 aromatic rings. The lowest BCUT2D eigenvalue weighted by Gasteiger charge is -2.16. The first-order valence-corrected chi connectivity index (χ1v) is 10.3. The van der Waals surface area contributed by atoms with Gasteiger partial charge in [-0.25, -0.2) is 4.39 Å². The predicted octanol–water partition coefficient (Wildman–Crippen LogP) is 5.50. The number of rotatable bonds is 7. The van der Waals surface area contributed by atoms with Crippen molar-refractivity contribution in [3.8, 4) is 11.5 Å². The number of hydrogen-bond donors (Lipinski definition) is 1. The zero-order chi connectivity index (χ0) is 20.1. The molecule has 0 amide bonds. The largest absolute Gasteiger partial charge is 0.490 e. The van der Waals surface area contributed by atoms with E-state index in [4.69, 9.17) is 9.47 Å². The lowest BCUT2D eigenvalue weighted by atomic mass is 10.2. The van der Waals surface area contributed by atoms with E-state index in [-0.39, 0.29) is 11.2 Å². The van der Waals surface area contributed by atoms with Crippen LogP contribution in [0.4, 0.5) is 4.39 Å². The van der Waals surface area contributed by atoms with Crippen LogP contribution in [0.5, 0.6) is 11.5 Å². The van der Waals surface area contributed by atoms with Crippen LogP contribution in [0.25, 0.3) is 0 Å². The summed E-state index contributed by atoms with van der Waals surface area (Å²) in [4.78, 5) is 0. The highest BCUT2D eigenvalue weighted by molar-refractivity contribution is 8.14. The van der Waals surface area contributed by atoms with Gasteiger partial charge in [0.1, 0.15) is 22.8 Å². The number of thioether (sulfide) groups is 1. The number of benzene rings is 3. The number of hydrazone groups is 1. The van der Waals surface area contributed by atoms with E-state index in [9.17, 15) is 4.39 Å². The predicted molar refractivity (Wildman–Crippen MR) is 115 cm³/mol. The van der Waals surface area contributed by atoms with Gasteiger partial charge in [-0.05, 0) is 42.3 Å². The molecule has 1 heterocycles. The summed E-state index contributed by atoms with van der Waals surface area (Å²) < 4.78 is 24.8. The van der Waals surface area contributed by atoms with Crippen LogP contribution in [0.2, 0.25) is 0 Å². The zero-order valence-electron chi connectivity index (χ0n) is 16.0. The topological polar surface area (TPSA) is 42.8 Å². The van der Waals surface area contributed by atoms with Crippen molar-refractivity contribution < 1.29 is 13.9 Å². The minimum absolute atomic E-state index is 0.00978. The Kier molecular flexibility index (Phi) is 6.00. The summed E-state index contributed by atoms with van der Waals surface area (Å²) in [5.41, 5.74) is 6.24. The molecule has 4 rings (SSSR count). The standard InChI is InChI=1S/C23H21FN2O2S/c1-2-27-21-14-18(23-26-25-22(29-23)17-6-4-3-5-7-17)10-13-20(21)28-15-16-8-11-19(24)12-9-16/h3-14,23,26H,2,15H2,1H3/t23-/m1/s1. The summed E-state index contributed by atoms with van der Waals surface area (Å²) >= 11 is 1.67. The first-order chi connectivity index (χ1) is 14.2. The summed E-state index contributed by atoms with van der Waals surface area (Å²) in [6, 6.07) is 22.3. The van der Waals surface area contributed by atoms with Crippen LogP contribution in [0, 0.1) is 5.82 Å². The van der Waals surface area contributed by atoms with Gasteiger partial charge in [-0.1, -0.05) is 60.3 Å². The molecule has 1 N–H and O–H groups in total. The Labute approximate surface area is 173 Å². The number of halogens is 1. The maximum absolute atomic E-state index is 13.1. The molecule has 0 aromatic heterocycles. The monoisotopic (exact) mass is 408 g/mol. The maximum atomic E-state index is 13.1. The first-order valence-electron chi connectivity index (χ1n) is 9.42. The van der Waals surface area contributed by atoms with Crippen molar-refractivity contribution in [3.63, 3.8) is 0 Å². The number of nitrogens with one attached hydrogen (secondary N) is 1. The molecule has 1 aliphatic rings. The van der Waals surface area contributed by atoms with E-state index in [0.717, 1.165) is 21.7 Å². The quantitative estimate of drug-likeness (QED) is 0.561. The van der Waals surface area contributed by atoms with Crippen LogP contribution in [-0.2, 0) is 6.61 Å². The minimum Gasteiger partial charge on any atom is -0.490 e. The van der Waals surface area contributed by atoms with E-state index in [0.29, 0.717) is 24.7 Å². The average molecular weight is 408 g/mol. The van der Waals surface area contributed by atoms with Gasteiger partial charge < -0.3 is 9.47 Å². The molecule has 0 spiro atoms. The third kappa shape index (κ3) is 4.71. The lowest BCUT2D eigenvalue weighted by molar-refractivity contribution is 0.269. The van der Waals surface area contributed by atoms with Crippen molar-refractivity contribution in [1.82, 2.24) is 5.43 Å². The van der Waals surface area contributed by atoms with Crippen LogP contribution >= 0.6 is 11.8 Å². The van der Waals surface area contributed by atoms with Crippen molar-refractivity contribution in [2.45, 2.75) is 18.9 Å². The van der Waals surface area contributed by atoms with Crippen molar-refractivity contribution in [3.05, 3.63) is 95.3 Å². The minimum atomic E-state index is -0.258. The van der Waals surface area contributed by atoms with Gasteiger partial charge in [0.15, 0.2) is 11.5 Å². The lowest BCUT2D eigenvalue weighted by Crippen LogP contribution is -2.07. The van der Waals surface area contributed by atoms with Gasteiger partial charge in [-0.3, -0.25) is 5.43 Å². The molecule has 0 fully saturated rings. The number of hydrogen-bond acceptors (Lipinski definition) is 5. The molecule has 0 bridgehead atoms. The Morgan fingerprint density at radius 1 is 0.966 bits per heavy atom. The number of ether oxygens (including phenoxy) is 2. The smallest absolute Gasteiger partial charge is 0.161 e. The molecule has 0 aliphatic carbocycles. The van der Waals surface area contributed by atoms with Crippen LogP contribution in [0.3, 0.4) is 0 Å². The van der Waals surface area contributed by atoms with Crippen LogP contribution in [-0.4, -0.2) is 11.7 Å². The highest BCUT2D eigenvalue weighted by Crippen LogP contribution is 2.38. The van der Waals surface area contributed by atoms with Gasteiger partial charge in [0.2, 0.25) is 0 Å². The summed E-state index contributed by atoms with van der Waals surface area (Å²) in [6.45, 7) is 2.82. The van der Waals surface area contributed by atoms with E-state index >= 15 is 0 Å². The zero-order valence-corrected chi connectivity index (χ0v) is 16.8. The van der Waals surface area contributed by atoms with Crippen molar-refractivity contribution in [2.24, 2.45) is 5.10 Å². The third-order valence-electron chi connectivity index (χ3n) is 4.41. The fraction of sp³-hybridized carbons (Fsp3) is 0.174. The van der Waals surface area contributed by atoms with Gasteiger partial charge in [0.05, 0.1) is 6.61 Å². The molecule has 0 saturated heterocycles. The van der Waals surface area contributed by atoms with E-state index in [2.05, 4.69) is 10.5 Å². The molecule has 148 valence electrons. The molecule has 1 aliphatic heterocycles. The first kappa shape index (κ1) is 19.3. The molecule has 3 aromatic carbocycles. The maximum Gasteiger partial charge on any atom is 0.161 e. The fourth-order valence-corrected chi connectivity index (χ4v) is 3.94. The number of nitrogens with zero attached hydrogens (tertiary/aromatic N) is 1. The summed E-state index contributed by atoms with van der Waals surface area (Å²) in [7, 11) is 0. The van der Waals surface area contributed by atoms with E-state index < -0.39 is 0 Å². The Bertz CT molecular complexity index is 994. The summed E-state index contributed by atoms with van der Waals surface area (Å²) in [6.07, 6.45) is 0. The second-order valence-electron chi connectivity index (χ2n) is 6.46. The fourth-order valence-electron chi connectivity index (χ4n) is 2.95. The van der Waals surface area contributed by atoms with Gasteiger partial charge in [-0.2, -0.15) is 5.10 Å².